The predicted molar refractivity (Wildman–Crippen MR) is 81.8 cm³/mol. The molecule has 0 saturated heterocycles. The highest BCUT2D eigenvalue weighted by molar-refractivity contribution is 9.10. The molecule has 2 aromatic rings. The highest BCUT2D eigenvalue weighted by atomic mass is 79.9. The van der Waals surface area contributed by atoms with Gasteiger partial charge in [0.15, 0.2) is 0 Å². The maximum atomic E-state index is 12.0. The van der Waals surface area contributed by atoms with Crippen LogP contribution < -0.4 is 10.9 Å². The molecule has 0 atom stereocenters. The first kappa shape index (κ1) is 14.8. The molecule has 7 heteroatoms. The average Bonchev–Trinajstić information content (AvgIpc) is 2.88. The maximum absolute atomic E-state index is 12.0. The normalized spacial score (nSPS) is 10.4. The van der Waals surface area contributed by atoms with E-state index in [9.17, 15) is 9.59 Å². The van der Waals surface area contributed by atoms with Crippen LogP contribution in [0.5, 0.6) is 0 Å². The van der Waals surface area contributed by atoms with Gasteiger partial charge in [0.2, 0.25) is 0 Å². The predicted octanol–water partition coefficient (Wildman–Crippen LogP) is 2.54. The Bertz CT molecular complexity index is 617. The van der Waals surface area contributed by atoms with Gasteiger partial charge < -0.3 is 4.57 Å². The fraction of sp³-hybridized carbons (Fsp3) is 0.231. The molecule has 0 radical (unpaired) electrons. The molecule has 5 nitrogen and oxygen atoms in total. The number of rotatable bonds is 2. The molecular weight excluding hydrogens is 342 g/mol. The summed E-state index contributed by atoms with van der Waals surface area (Å²) in [4.78, 5) is 25.9. The molecule has 2 rings (SSSR count). The van der Waals surface area contributed by atoms with Gasteiger partial charge in [0.1, 0.15) is 5.69 Å². The number of amides is 2. The summed E-state index contributed by atoms with van der Waals surface area (Å²) in [5.41, 5.74) is 5.88. The van der Waals surface area contributed by atoms with Crippen molar-refractivity contribution >= 4 is 39.1 Å². The Hall–Kier alpha value is -1.60. The van der Waals surface area contributed by atoms with E-state index >= 15 is 0 Å². The van der Waals surface area contributed by atoms with Crippen LogP contribution in [0.1, 0.15) is 30.6 Å². The molecule has 106 valence electrons. The van der Waals surface area contributed by atoms with Crippen molar-refractivity contribution in [2.45, 2.75) is 13.8 Å². The van der Waals surface area contributed by atoms with Gasteiger partial charge in [-0.05, 0) is 41.9 Å². The summed E-state index contributed by atoms with van der Waals surface area (Å²) < 4.78 is 2.48. The van der Waals surface area contributed by atoms with E-state index in [4.69, 9.17) is 0 Å². The zero-order valence-electron chi connectivity index (χ0n) is 11.3. The first-order valence-electron chi connectivity index (χ1n) is 5.88. The number of carbonyl (C=O) groups excluding carboxylic acids is 2. The lowest BCUT2D eigenvalue weighted by molar-refractivity contribution is 0.0842. The second-order valence-electron chi connectivity index (χ2n) is 4.39. The van der Waals surface area contributed by atoms with Crippen molar-refractivity contribution in [1.82, 2.24) is 15.4 Å². The summed E-state index contributed by atoms with van der Waals surface area (Å²) in [5, 5.41) is 0. The number of nitrogens with zero attached hydrogens (tertiary/aromatic N) is 1. The summed E-state index contributed by atoms with van der Waals surface area (Å²) in [7, 11) is 1.76. The number of halogens is 1. The summed E-state index contributed by atoms with van der Waals surface area (Å²) >= 11 is 4.84. The first-order chi connectivity index (χ1) is 9.38. The number of nitrogens with one attached hydrogen (secondary N) is 2. The monoisotopic (exact) mass is 355 g/mol. The third-order valence-corrected chi connectivity index (χ3v) is 4.18. The van der Waals surface area contributed by atoms with Gasteiger partial charge in [0.05, 0.1) is 5.56 Å². The van der Waals surface area contributed by atoms with Gasteiger partial charge in [-0.25, -0.2) is 0 Å². The number of aromatic nitrogens is 1. The lowest BCUT2D eigenvalue weighted by Gasteiger charge is -2.07. The molecule has 2 amide bonds. The van der Waals surface area contributed by atoms with Crippen molar-refractivity contribution < 1.29 is 9.59 Å². The number of hydrazine groups is 1. The molecule has 0 saturated carbocycles. The van der Waals surface area contributed by atoms with Crippen LogP contribution in [0.3, 0.4) is 0 Å². The van der Waals surface area contributed by atoms with E-state index in [2.05, 4.69) is 26.8 Å². The van der Waals surface area contributed by atoms with Crippen LogP contribution in [0.4, 0.5) is 0 Å². The second kappa shape index (κ2) is 5.80. The van der Waals surface area contributed by atoms with Gasteiger partial charge in [-0.15, -0.1) is 11.3 Å². The van der Waals surface area contributed by atoms with Crippen molar-refractivity contribution in [3.63, 3.8) is 0 Å². The van der Waals surface area contributed by atoms with Crippen LogP contribution >= 0.6 is 27.3 Å². The van der Waals surface area contributed by atoms with E-state index in [0.29, 0.717) is 11.3 Å². The number of hydrogen-bond acceptors (Lipinski definition) is 3. The van der Waals surface area contributed by atoms with Crippen LogP contribution in [0, 0.1) is 13.8 Å². The Balaban J connectivity index is 2.02. The molecule has 0 aliphatic carbocycles. The van der Waals surface area contributed by atoms with Crippen LogP contribution in [-0.2, 0) is 7.05 Å². The van der Waals surface area contributed by atoms with E-state index < -0.39 is 0 Å². The van der Waals surface area contributed by atoms with Crippen LogP contribution in [-0.4, -0.2) is 16.4 Å². The van der Waals surface area contributed by atoms with Gasteiger partial charge in [0.25, 0.3) is 11.8 Å². The van der Waals surface area contributed by atoms with Gasteiger partial charge >= 0.3 is 0 Å². The topological polar surface area (TPSA) is 63.1 Å². The summed E-state index contributed by atoms with van der Waals surface area (Å²) in [5.74, 6) is -0.676. The van der Waals surface area contributed by atoms with Gasteiger partial charge in [-0.3, -0.25) is 20.4 Å². The molecule has 0 aliphatic rings. The van der Waals surface area contributed by atoms with E-state index in [1.807, 2.05) is 13.8 Å². The Morgan fingerprint density at radius 3 is 2.35 bits per heavy atom. The van der Waals surface area contributed by atoms with Crippen molar-refractivity contribution in [3.8, 4) is 0 Å². The highest BCUT2D eigenvalue weighted by Crippen LogP contribution is 2.20. The van der Waals surface area contributed by atoms with E-state index in [1.54, 1.807) is 41.3 Å². The van der Waals surface area contributed by atoms with Gasteiger partial charge in [-0.2, -0.15) is 0 Å². The Labute approximate surface area is 129 Å². The van der Waals surface area contributed by atoms with E-state index in [0.717, 1.165) is 14.2 Å². The maximum Gasteiger partial charge on any atom is 0.286 e. The molecule has 20 heavy (non-hydrogen) atoms. The third-order valence-electron chi connectivity index (χ3n) is 2.78. The minimum absolute atomic E-state index is 0.312. The smallest absolute Gasteiger partial charge is 0.286 e. The Kier molecular flexibility index (Phi) is 4.29. The lowest BCUT2D eigenvalue weighted by Crippen LogP contribution is -2.42. The van der Waals surface area contributed by atoms with Crippen LogP contribution in [0.15, 0.2) is 22.8 Å². The molecular formula is C13H14BrN3O2S. The van der Waals surface area contributed by atoms with Crippen molar-refractivity contribution in [2.75, 3.05) is 0 Å². The second-order valence-corrected chi connectivity index (χ2v) is 6.77. The minimum atomic E-state index is -0.365. The largest absolute Gasteiger partial charge is 0.345 e. The van der Waals surface area contributed by atoms with Crippen LogP contribution in [0.2, 0.25) is 0 Å². The molecule has 0 fully saturated rings. The van der Waals surface area contributed by atoms with Gasteiger partial charge in [0, 0.05) is 27.5 Å². The highest BCUT2D eigenvalue weighted by Gasteiger charge is 2.15. The number of hydrogen-bond donors (Lipinski definition) is 2. The molecule has 2 heterocycles. The van der Waals surface area contributed by atoms with E-state index in [1.165, 1.54) is 0 Å². The quantitative estimate of drug-likeness (QED) is 0.813. The Morgan fingerprint density at radius 2 is 1.85 bits per heavy atom. The SMILES string of the molecule is Cc1cc(C(=O)NNC(=O)c2cc(Br)cn2C)c(C)s1. The summed E-state index contributed by atoms with van der Waals surface area (Å²) in [6.45, 7) is 3.82. The lowest BCUT2D eigenvalue weighted by atomic mass is 10.2. The molecule has 2 N–H and O–H groups in total. The van der Waals surface area contributed by atoms with E-state index in [-0.39, 0.29) is 11.8 Å². The zero-order valence-corrected chi connectivity index (χ0v) is 13.7. The minimum Gasteiger partial charge on any atom is -0.345 e. The first-order valence-corrected chi connectivity index (χ1v) is 7.49. The molecule has 0 unspecified atom stereocenters. The standard InChI is InChI=1S/C13H14BrN3O2S/c1-7-4-10(8(2)20-7)12(18)15-16-13(19)11-5-9(14)6-17(11)3/h4-6H,1-3H3,(H,15,18)(H,16,19). The molecule has 0 aromatic carbocycles. The summed E-state index contributed by atoms with van der Waals surface area (Å²) in [6.07, 6.45) is 1.77. The zero-order chi connectivity index (χ0) is 14.9. The average molecular weight is 356 g/mol. The fourth-order valence-electron chi connectivity index (χ4n) is 1.85. The van der Waals surface area contributed by atoms with Crippen molar-refractivity contribution in [3.05, 3.63) is 43.8 Å². The molecule has 2 aromatic heterocycles. The summed E-state index contributed by atoms with van der Waals surface area (Å²) in [6, 6.07) is 3.49. The number of thiophene rings is 1. The molecule has 0 bridgehead atoms. The Morgan fingerprint density at radius 1 is 1.20 bits per heavy atom. The number of carbonyl (C=O) groups is 2. The molecule has 0 aliphatic heterocycles. The van der Waals surface area contributed by atoms with Crippen molar-refractivity contribution in [1.29, 1.82) is 0 Å². The fourth-order valence-corrected chi connectivity index (χ4v) is 3.30. The van der Waals surface area contributed by atoms with Crippen molar-refractivity contribution in [2.24, 2.45) is 7.05 Å². The van der Waals surface area contributed by atoms with Crippen LogP contribution in [0.25, 0.3) is 0 Å². The number of aryl methyl sites for hydroxylation is 3. The van der Waals surface area contributed by atoms with Gasteiger partial charge in [-0.1, -0.05) is 0 Å². The third kappa shape index (κ3) is 3.10. The molecule has 0 spiro atoms.